The highest BCUT2D eigenvalue weighted by molar-refractivity contribution is 5.96. The largest absolute Gasteiger partial charge is 0.486 e. The number of benzene rings is 2. The van der Waals surface area contributed by atoms with E-state index in [1.807, 2.05) is 9.47 Å². The molecule has 0 bridgehead atoms. The molecule has 2 aliphatic carbocycles. The molecule has 2 aromatic carbocycles. The van der Waals surface area contributed by atoms with Crippen LogP contribution in [-0.2, 0) is 18.4 Å². The zero-order valence-electron chi connectivity index (χ0n) is 21.2. The lowest BCUT2D eigenvalue weighted by Gasteiger charge is -2.35. The van der Waals surface area contributed by atoms with Gasteiger partial charge in [-0.3, -0.25) is 9.59 Å². The van der Waals surface area contributed by atoms with E-state index >= 15 is 0 Å². The maximum atomic E-state index is 13.7. The summed E-state index contributed by atoms with van der Waals surface area (Å²) in [5.41, 5.74) is 1.27. The van der Waals surface area contributed by atoms with E-state index in [0.29, 0.717) is 37.9 Å². The molecule has 0 spiro atoms. The van der Waals surface area contributed by atoms with Gasteiger partial charge in [0.15, 0.2) is 5.69 Å². The van der Waals surface area contributed by atoms with Gasteiger partial charge in [0.05, 0.1) is 6.61 Å². The Morgan fingerprint density at radius 1 is 1.03 bits per heavy atom. The van der Waals surface area contributed by atoms with Gasteiger partial charge in [-0.05, 0) is 48.4 Å². The second-order valence-corrected chi connectivity index (χ2v) is 10.8. The first-order chi connectivity index (χ1) is 17.6. The lowest BCUT2D eigenvalue weighted by Crippen LogP contribution is -2.45. The number of nitrogens with zero attached hydrogens (tertiary/aromatic N) is 3. The van der Waals surface area contributed by atoms with Crippen LogP contribution in [0.25, 0.3) is 10.8 Å². The zero-order valence-corrected chi connectivity index (χ0v) is 21.2. The van der Waals surface area contributed by atoms with Crippen LogP contribution < -0.4 is 10.3 Å². The Bertz CT molecular complexity index is 1350. The van der Waals surface area contributed by atoms with E-state index in [-0.39, 0.29) is 17.1 Å². The molecule has 2 fully saturated rings. The molecule has 0 saturated heterocycles. The van der Waals surface area contributed by atoms with Gasteiger partial charge < -0.3 is 14.2 Å². The van der Waals surface area contributed by atoms with Crippen LogP contribution in [0, 0.1) is 0 Å². The lowest BCUT2D eigenvalue weighted by molar-refractivity contribution is 0.0676. The van der Waals surface area contributed by atoms with Crippen molar-refractivity contribution < 1.29 is 9.53 Å². The molecule has 1 amide bonds. The summed E-state index contributed by atoms with van der Waals surface area (Å²) in [6.45, 7) is 3.84. The highest BCUT2D eigenvalue weighted by Crippen LogP contribution is 2.46. The van der Waals surface area contributed by atoms with Gasteiger partial charge in [0.2, 0.25) is 5.75 Å². The number of hydrogen-bond donors (Lipinski definition) is 0. The number of ether oxygens (including phenoxy) is 1. The van der Waals surface area contributed by atoms with Crippen LogP contribution in [-0.4, -0.2) is 39.6 Å². The summed E-state index contributed by atoms with van der Waals surface area (Å²) in [7, 11) is 0. The summed E-state index contributed by atoms with van der Waals surface area (Å²) in [6, 6.07) is 15.4. The van der Waals surface area contributed by atoms with Crippen molar-refractivity contribution in [2.24, 2.45) is 0 Å². The highest BCUT2D eigenvalue weighted by atomic mass is 16.5. The van der Waals surface area contributed by atoms with Gasteiger partial charge in [-0.15, -0.1) is 0 Å². The smallest absolute Gasteiger partial charge is 0.316 e. The number of amides is 1. The molecule has 1 aromatic heterocycles. The molecule has 3 aliphatic rings. The monoisotopic (exact) mass is 485 g/mol. The average molecular weight is 486 g/mol. The van der Waals surface area contributed by atoms with Crippen molar-refractivity contribution in [1.29, 1.82) is 0 Å². The Labute approximate surface area is 212 Å². The molecule has 2 heterocycles. The normalized spacial score (nSPS) is 19.0. The van der Waals surface area contributed by atoms with E-state index in [4.69, 9.17) is 4.74 Å². The van der Waals surface area contributed by atoms with E-state index in [2.05, 4.69) is 54.4 Å². The summed E-state index contributed by atoms with van der Waals surface area (Å²) in [4.78, 5) is 33.6. The first-order valence-corrected chi connectivity index (χ1v) is 13.7. The van der Waals surface area contributed by atoms with Crippen molar-refractivity contribution in [2.45, 2.75) is 82.7 Å². The van der Waals surface area contributed by atoms with Crippen LogP contribution >= 0.6 is 0 Å². The van der Waals surface area contributed by atoms with E-state index < -0.39 is 5.56 Å². The van der Waals surface area contributed by atoms with Crippen LogP contribution in [0.1, 0.15) is 80.2 Å². The van der Waals surface area contributed by atoms with Gasteiger partial charge in [-0.25, -0.2) is 0 Å². The van der Waals surface area contributed by atoms with Crippen molar-refractivity contribution in [1.82, 2.24) is 14.5 Å². The number of fused-ring (bicyclic) bond motifs is 2. The summed E-state index contributed by atoms with van der Waals surface area (Å²) in [6.07, 6.45) is 8.99. The molecule has 2 saturated carbocycles. The first-order valence-electron chi connectivity index (χ1n) is 13.7. The van der Waals surface area contributed by atoms with Crippen molar-refractivity contribution in [3.05, 3.63) is 69.9 Å². The fourth-order valence-electron chi connectivity index (χ4n) is 6.38. The Morgan fingerprint density at radius 3 is 2.58 bits per heavy atom. The molecule has 6 rings (SSSR count). The third-order valence-electron chi connectivity index (χ3n) is 8.40. The average Bonchev–Trinajstić information content (AvgIpc) is 3.63. The molecule has 0 atom stereocenters. The van der Waals surface area contributed by atoms with E-state index in [0.717, 1.165) is 57.2 Å². The number of unbranched alkanes of at least 4 members (excludes halogenated alkanes) is 1. The Kier molecular flexibility index (Phi) is 6.06. The number of hydrogen-bond acceptors (Lipinski definition) is 4. The molecule has 36 heavy (non-hydrogen) atoms. The van der Waals surface area contributed by atoms with Crippen molar-refractivity contribution in [2.75, 3.05) is 13.2 Å². The second kappa shape index (κ2) is 9.38. The summed E-state index contributed by atoms with van der Waals surface area (Å²) in [5, 5.41) is 2.52. The molecule has 1 aliphatic heterocycles. The zero-order chi connectivity index (χ0) is 24.7. The molecule has 6 heteroatoms. The van der Waals surface area contributed by atoms with Gasteiger partial charge in [0.25, 0.3) is 5.91 Å². The minimum absolute atomic E-state index is 0.0679. The molecule has 6 nitrogen and oxygen atoms in total. The molecule has 0 radical (unpaired) electrons. The fourth-order valence-corrected chi connectivity index (χ4v) is 6.38. The lowest BCUT2D eigenvalue weighted by atomic mass is 9.74. The first kappa shape index (κ1) is 23.3. The molecule has 188 valence electrons. The van der Waals surface area contributed by atoms with E-state index in [1.165, 1.54) is 16.3 Å². The maximum absolute atomic E-state index is 13.7. The SMILES string of the molecule is CCCCOc1c2n(c(CC3(c4cccc5ccccc45)CCCC3)nc1=O)CCN(C1CC1)C2=O. The molecular weight excluding hydrogens is 450 g/mol. The fraction of sp³-hybridized carbons (Fsp3) is 0.500. The molecule has 0 N–H and O–H groups in total. The predicted octanol–water partition coefficient (Wildman–Crippen LogP) is 5.25. The van der Waals surface area contributed by atoms with Crippen LogP contribution in [0.5, 0.6) is 5.75 Å². The molecular formula is C30H35N3O3. The van der Waals surface area contributed by atoms with Crippen molar-refractivity contribution in [3.8, 4) is 5.75 Å². The third-order valence-corrected chi connectivity index (χ3v) is 8.40. The van der Waals surface area contributed by atoms with Gasteiger partial charge in [-0.2, -0.15) is 4.98 Å². The van der Waals surface area contributed by atoms with Gasteiger partial charge in [0, 0.05) is 31.0 Å². The number of carbonyl (C=O) groups is 1. The molecule has 3 aromatic rings. The van der Waals surface area contributed by atoms with Crippen LogP contribution in [0.4, 0.5) is 0 Å². The van der Waals surface area contributed by atoms with Crippen molar-refractivity contribution in [3.63, 3.8) is 0 Å². The van der Waals surface area contributed by atoms with E-state index in [1.54, 1.807) is 0 Å². The van der Waals surface area contributed by atoms with E-state index in [9.17, 15) is 9.59 Å². The summed E-state index contributed by atoms with van der Waals surface area (Å²) in [5.74, 6) is 0.811. The van der Waals surface area contributed by atoms with Crippen LogP contribution in [0.3, 0.4) is 0 Å². The number of carbonyl (C=O) groups excluding carboxylic acids is 1. The van der Waals surface area contributed by atoms with Gasteiger partial charge in [-0.1, -0.05) is 68.7 Å². The standard InChI is InChI=1S/C30H35N3O3/c1-2-3-19-36-27-26-29(35)32(22-13-14-22)17-18-33(26)25(31-28(27)34)20-30(15-6-7-16-30)24-12-8-10-21-9-4-5-11-23(21)24/h4-5,8-12,22H,2-3,6-7,13-20H2,1H3. The number of rotatable bonds is 8. The molecule has 0 unspecified atom stereocenters. The van der Waals surface area contributed by atoms with Crippen LogP contribution in [0.2, 0.25) is 0 Å². The second-order valence-electron chi connectivity index (χ2n) is 10.8. The Hall–Kier alpha value is -3.15. The summed E-state index contributed by atoms with van der Waals surface area (Å²) < 4.78 is 7.97. The minimum atomic E-state index is -0.399. The predicted molar refractivity (Wildman–Crippen MR) is 141 cm³/mol. The maximum Gasteiger partial charge on any atom is 0.316 e. The minimum Gasteiger partial charge on any atom is -0.486 e. The van der Waals surface area contributed by atoms with Crippen LogP contribution in [0.15, 0.2) is 47.3 Å². The number of aromatic nitrogens is 2. The van der Waals surface area contributed by atoms with Gasteiger partial charge >= 0.3 is 5.56 Å². The van der Waals surface area contributed by atoms with Crippen molar-refractivity contribution >= 4 is 16.7 Å². The third kappa shape index (κ3) is 4.00. The Morgan fingerprint density at radius 2 is 1.81 bits per heavy atom. The van der Waals surface area contributed by atoms with Gasteiger partial charge in [0.1, 0.15) is 5.82 Å². The topological polar surface area (TPSA) is 64.4 Å². The Balaban J connectivity index is 1.46. The quantitative estimate of drug-likeness (QED) is 0.409. The highest BCUT2D eigenvalue weighted by Gasteiger charge is 2.42. The summed E-state index contributed by atoms with van der Waals surface area (Å²) >= 11 is 0.